The maximum Gasteiger partial charge on any atom is 0.134 e. The number of furan rings is 1. The number of nitrogens with zero attached hydrogens (tertiary/aromatic N) is 1. The van der Waals surface area contributed by atoms with Gasteiger partial charge in [-0.2, -0.15) is 0 Å². The van der Waals surface area contributed by atoms with E-state index in [1.165, 1.54) is 10.9 Å². The van der Waals surface area contributed by atoms with Crippen molar-refractivity contribution in [2.24, 2.45) is 5.41 Å². The van der Waals surface area contributed by atoms with Crippen molar-refractivity contribution >= 4 is 11.0 Å². The lowest BCUT2D eigenvalue weighted by Gasteiger charge is -2.40. The molecule has 0 unspecified atom stereocenters. The van der Waals surface area contributed by atoms with E-state index in [1.54, 1.807) is 0 Å². The van der Waals surface area contributed by atoms with Crippen LogP contribution in [0.2, 0.25) is 0 Å². The molecule has 0 spiro atoms. The van der Waals surface area contributed by atoms with Crippen LogP contribution >= 0.6 is 0 Å². The average Bonchev–Trinajstić information content (AvgIpc) is 2.65. The van der Waals surface area contributed by atoms with Crippen molar-refractivity contribution < 1.29 is 9.15 Å². The van der Waals surface area contributed by atoms with E-state index in [2.05, 4.69) is 37.9 Å². The van der Waals surface area contributed by atoms with Crippen LogP contribution in [0.1, 0.15) is 18.2 Å². The van der Waals surface area contributed by atoms with Gasteiger partial charge in [0, 0.05) is 17.3 Å². The Balaban J connectivity index is 1.75. The van der Waals surface area contributed by atoms with Gasteiger partial charge < -0.3 is 9.15 Å². The molecule has 19 heavy (non-hydrogen) atoms. The van der Waals surface area contributed by atoms with Gasteiger partial charge in [-0.05, 0) is 25.6 Å². The summed E-state index contributed by atoms with van der Waals surface area (Å²) in [6.45, 7) is 8.06. The first-order valence-electron chi connectivity index (χ1n) is 6.81. The highest BCUT2D eigenvalue weighted by atomic mass is 16.5. The first kappa shape index (κ1) is 12.7. The third-order valence-electron chi connectivity index (χ3n) is 3.91. The summed E-state index contributed by atoms with van der Waals surface area (Å²) in [5.41, 5.74) is 2.56. The molecule has 1 aliphatic heterocycles. The van der Waals surface area contributed by atoms with Crippen LogP contribution < -0.4 is 0 Å². The number of fused-ring (bicyclic) bond motifs is 1. The minimum Gasteiger partial charge on any atom is -0.459 e. The molecule has 102 valence electrons. The fourth-order valence-corrected chi connectivity index (χ4v) is 2.87. The Morgan fingerprint density at radius 2 is 2.00 bits per heavy atom. The lowest BCUT2D eigenvalue weighted by atomic mass is 9.88. The molecule has 0 N–H and O–H groups in total. The van der Waals surface area contributed by atoms with Crippen molar-refractivity contribution in [1.29, 1.82) is 0 Å². The van der Waals surface area contributed by atoms with Crippen LogP contribution in [0.5, 0.6) is 0 Å². The number of hydrogen-bond acceptors (Lipinski definition) is 3. The average molecular weight is 259 g/mol. The maximum absolute atomic E-state index is 5.96. The van der Waals surface area contributed by atoms with Crippen molar-refractivity contribution in [3.63, 3.8) is 0 Å². The quantitative estimate of drug-likeness (QED) is 0.843. The van der Waals surface area contributed by atoms with Crippen molar-refractivity contribution in [2.75, 3.05) is 26.8 Å². The van der Waals surface area contributed by atoms with Gasteiger partial charge in [-0.15, -0.1) is 0 Å². The summed E-state index contributed by atoms with van der Waals surface area (Å²) < 4.78 is 11.3. The molecule has 0 atom stereocenters. The highest BCUT2D eigenvalue weighted by Gasteiger charge is 2.34. The van der Waals surface area contributed by atoms with Gasteiger partial charge in [-0.1, -0.05) is 25.1 Å². The highest BCUT2D eigenvalue weighted by molar-refractivity contribution is 5.81. The SMILES string of the molecule is Cc1c(CN(C)CC2(C)COC2)oc2ccccc12. The largest absolute Gasteiger partial charge is 0.459 e. The van der Waals surface area contributed by atoms with E-state index in [-0.39, 0.29) is 0 Å². The summed E-state index contributed by atoms with van der Waals surface area (Å²) in [6.07, 6.45) is 0. The minimum absolute atomic E-state index is 0.314. The molecular formula is C16H21NO2. The number of hydrogen-bond donors (Lipinski definition) is 0. The lowest BCUT2D eigenvalue weighted by Crippen LogP contribution is -2.47. The third-order valence-corrected chi connectivity index (χ3v) is 3.91. The van der Waals surface area contributed by atoms with Crippen molar-refractivity contribution in [3.8, 4) is 0 Å². The zero-order valence-corrected chi connectivity index (χ0v) is 11.9. The van der Waals surface area contributed by atoms with Gasteiger partial charge in [0.2, 0.25) is 0 Å². The molecule has 3 heteroatoms. The summed E-state index contributed by atoms with van der Waals surface area (Å²) in [7, 11) is 2.15. The van der Waals surface area contributed by atoms with Gasteiger partial charge in [0.05, 0.1) is 19.8 Å². The molecule has 2 heterocycles. The molecule has 0 bridgehead atoms. The fourth-order valence-electron chi connectivity index (χ4n) is 2.87. The number of para-hydroxylation sites is 1. The Hall–Kier alpha value is -1.32. The first-order valence-corrected chi connectivity index (χ1v) is 6.81. The second-order valence-electron chi connectivity index (χ2n) is 6.12. The number of ether oxygens (including phenoxy) is 1. The second-order valence-corrected chi connectivity index (χ2v) is 6.12. The summed E-state index contributed by atoms with van der Waals surface area (Å²) in [4.78, 5) is 2.33. The Labute approximate surface area is 114 Å². The topological polar surface area (TPSA) is 25.6 Å². The maximum atomic E-state index is 5.96. The molecule has 0 amide bonds. The molecule has 1 saturated heterocycles. The van der Waals surface area contributed by atoms with Crippen molar-refractivity contribution in [3.05, 3.63) is 35.6 Å². The second kappa shape index (κ2) is 4.66. The number of benzene rings is 1. The summed E-state index contributed by atoms with van der Waals surface area (Å²) in [5, 5.41) is 1.23. The monoisotopic (exact) mass is 259 g/mol. The van der Waals surface area contributed by atoms with Crippen LogP contribution in [0.15, 0.2) is 28.7 Å². The molecule has 0 aliphatic carbocycles. The Kier molecular flexibility index (Phi) is 3.11. The number of rotatable bonds is 4. The van der Waals surface area contributed by atoms with Gasteiger partial charge in [0.25, 0.3) is 0 Å². The van der Waals surface area contributed by atoms with E-state index in [9.17, 15) is 0 Å². The Bertz CT molecular complexity index is 583. The molecule has 1 fully saturated rings. The smallest absolute Gasteiger partial charge is 0.134 e. The first-order chi connectivity index (χ1) is 9.07. The molecule has 3 rings (SSSR count). The third kappa shape index (κ3) is 2.40. The highest BCUT2D eigenvalue weighted by Crippen LogP contribution is 2.29. The molecule has 0 radical (unpaired) electrons. The van der Waals surface area contributed by atoms with Crippen molar-refractivity contribution in [1.82, 2.24) is 4.90 Å². The predicted molar refractivity (Wildman–Crippen MR) is 76.2 cm³/mol. The zero-order chi connectivity index (χ0) is 13.5. The van der Waals surface area contributed by atoms with Gasteiger partial charge in [-0.3, -0.25) is 4.90 Å². The normalized spacial score (nSPS) is 17.9. The number of aryl methyl sites for hydroxylation is 1. The van der Waals surface area contributed by atoms with E-state index in [1.807, 2.05) is 12.1 Å². The van der Waals surface area contributed by atoms with Crippen LogP contribution in [0, 0.1) is 12.3 Å². The molecular weight excluding hydrogens is 238 g/mol. The Morgan fingerprint density at radius 3 is 2.63 bits per heavy atom. The minimum atomic E-state index is 0.314. The molecule has 0 saturated carbocycles. The zero-order valence-electron chi connectivity index (χ0n) is 11.9. The summed E-state index contributed by atoms with van der Waals surface area (Å²) in [5.74, 6) is 1.08. The standard InChI is InChI=1S/C16H21NO2/c1-12-13-6-4-5-7-14(13)19-15(12)8-17(3)9-16(2)10-18-11-16/h4-7H,8-11H2,1-3H3. The van der Waals surface area contributed by atoms with E-state index in [4.69, 9.17) is 9.15 Å². The molecule has 3 nitrogen and oxygen atoms in total. The lowest BCUT2D eigenvalue weighted by molar-refractivity contribution is -0.113. The summed E-state index contributed by atoms with van der Waals surface area (Å²) in [6, 6.07) is 8.24. The van der Waals surface area contributed by atoms with Crippen LogP contribution in [0.25, 0.3) is 11.0 Å². The van der Waals surface area contributed by atoms with Crippen LogP contribution in [-0.2, 0) is 11.3 Å². The van der Waals surface area contributed by atoms with E-state index < -0.39 is 0 Å². The van der Waals surface area contributed by atoms with Gasteiger partial charge in [0.15, 0.2) is 0 Å². The van der Waals surface area contributed by atoms with Crippen LogP contribution in [0.3, 0.4) is 0 Å². The van der Waals surface area contributed by atoms with Crippen LogP contribution in [-0.4, -0.2) is 31.7 Å². The predicted octanol–water partition coefficient (Wildman–Crippen LogP) is 3.21. The van der Waals surface area contributed by atoms with E-state index in [0.717, 1.165) is 37.6 Å². The molecule has 1 aromatic heterocycles. The summed E-state index contributed by atoms with van der Waals surface area (Å²) >= 11 is 0. The molecule has 1 aliphatic rings. The van der Waals surface area contributed by atoms with Gasteiger partial charge >= 0.3 is 0 Å². The van der Waals surface area contributed by atoms with Gasteiger partial charge in [0.1, 0.15) is 11.3 Å². The van der Waals surface area contributed by atoms with Gasteiger partial charge in [-0.25, -0.2) is 0 Å². The van der Waals surface area contributed by atoms with E-state index in [0.29, 0.717) is 5.41 Å². The molecule has 2 aromatic rings. The Morgan fingerprint density at radius 1 is 1.26 bits per heavy atom. The van der Waals surface area contributed by atoms with Crippen LogP contribution in [0.4, 0.5) is 0 Å². The van der Waals surface area contributed by atoms with E-state index >= 15 is 0 Å². The van der Waals surface area contributed by atoms with Crippen molar-refractivity contribution in [2.45, 2.75) is 20.4 Å². The molecule has 1 aromatic carbocycles. The fraction of sp³-hybridized carbons (Fsp3) is 0.500.